The third-order valence-electron chi connectivity index (χ3n) is 4.37. The Morgan fingerprint density at radius 1 is 1.28 bits per heavy atom. The summed E-state index contributed by atoms with van der Waals surface area (Å²) in [5, 5.41) is 0. The highest BCUT2D eigenvalue weighted by Gasteiger charge is 2.34. The van der Waals surface area contributed by atoms with Gasteiger partial charge in [0, 0.05) is 12.5 Å². The average molecular weight is 247 g/mol. The van der Waals surface area contributed by atoms with Crippen LogP contribution in [0, 0.1) is 11.7 Å². The Balaban J connectivity index is 1.70. The van der Waals surface area contributed by atoms with Crippen LogP contribution in [0.4, 0.5) is 4.39 Å². The van der Waals surface area contributed by atoms with Crippen LogP contribution in [0.15, 0.2) is 24.3 Å². The molecule has 3 heteroatoms. The van der Waals surface area contributed by atoms with Crippen molar-refractivity contribution in [3.05, 3.63) is 35.6 Å². The van der Waals surface area contributed by atoms with E-state index in [1.807, 2.05) is 0 Å². The fourth-order valence-electron chi connectivity index (χ4n) is 3.31. The lowest BCUT2D eigenvalue weighted by Gasteiger charge is -2.45. The molecule has 4 rings (SSSR count). The first kappa shape index (κ1) is 11.8. The summed E-state index contributed by atoms with van der Waals surface area (Å²) < 4.78 is 13.5. The molecule has 0 spiro atoms. The maximum atomic E-state index is 13.5. The lowest BCUT2D eigenvalue weighted by Crippen LogP contribution is -2.49. The summed E-state index contributed by atoms with van der Waals surface area (Å²) in [6, 6.07) is 6.64. The normalized spacial score (nSPS) is 30.4. The summed E-state index contributed by atoms with van der Waals surface area (Å²) >= 11 is 0. The van der Waals surface area contributed by atoms with Gasteiger partial charge in [-0.2, -0.15) is 0 Å². The molecule has 0 radical (unpaired) electrons. The number of rotatable bonds is 3. The number of hydrogen-bond acceptors (Lipinski definition) is 2. The van der Waals surface area contributed by atoms with Gasteiger partial charge in [0.15, 0.2) is 5.78 Å². The second-order valence-corrected chi connectivity index (χ2v) is 5.48. The summed E-state index contributed by atoms with van der Waals surface area (Å²) in [6.07, 6.45) is 4.12. The zero-order valence-corrected chi connectivity index (χ0v) is 10.4. The molecule has 0 N–H and O–H groups in total. The van der Waals surface area contributed by atoms with E-state index in [0.717, 1.165) is 25.4 Å². The largest absolute Gasteiger partial charge is 0.300 e. The standard InChI is InChI=1S/C15H18FNO/c16-14-4-2-1-3-13(14)15(18)10-12-9-11-5-7-17(12)8-6-11/h1-4,11-12H,5-10H2. The van der Waals surface area contributed by atoms with Crippen LogP contribution in [0.5, 0.6) is 0 Å². The van der Waals surface area contributed by atoms with Crippen molar-refractivity contribution < 1.29 is 9.18 Å². The van der Waals surface area contributed by atoms with Crippen LogP contribution >= 0.6 is 0 Å². The Labute approximate surface area is 107 Å². The molecule has 96 valence electrons. The van der Waals surface area contributed by atoms with Crippen LogP contribution in [0.25, 0.3) is 0 Å². The van der Waals surface area contributed by atoms with Crippen molar-refractivity contribution >= 4 is 5.78 Å². The van der Waals surface area contributed by atoms with Crippen molar-refractivity contribution in [2.45, 2.75) is 31.7 Å². The smallest absolute Gasteiger partial charge is 0.167 e. The lowest BCUT2D eigenvalue weighted by molar-refractivity contribution is 0.0427. The molecule has 18 heavy (non-hydrogen) atoms. The van der Waals surface area contributed by atoms with Gasteiger partial charge < -0.3 is 0 Å². The van der Waals surface area contributed by atoms with Crippen LogP contribution in [0.2, 0.25) is 0 Å². The zero-order valence-electron chi connectivity index (χ0n) is 10.4. The number of ketones is 1. The van der Waals surface area contributed by atoms with Crippen LogP contribution in [0.3, 0.4) is 0 Å². The molecule has 2 bridgehead atoms. The second kappa shape index (κ2) is 4.81. The number of halogens is 1. The van der Waals surface area contributed by atoms with E-state index in [9.17, 15) is 9.18 Å². The monoisotopic (exact) mass is 247 g/mol. The fourth-order valence-corrected chi connectivity index (χ4v) is 3.31. The van der Waals surface area contributed by atoms with Gasteiger partial charge in [0.1, 0.15) is 5.82 Å². The maximum absolute atomic E-state index is 13.5. The Morgan fingerprint density at radius 3 is 2.61 bits per heavy atom. The number of fused-ring (bicyclic) bond motifs is 3. The molecule has 3 saturated heterocycles. The van der Waals surface area contributed by atoms with E-state index in [1.165, 1.54) is 18.9 Å². The molecule has 0 aliphatic carbocycles. The van der Waals surface area contributed by atoms with Crippen LogP contribution in [-0.4, -0.2) is 29.8 Å². The number of nitrogens with zero attached hydrogens (tertiary/aromatic N) is 1. The van der Waals surface area contributed by atoms with Gasteiger partial charge in [0.25, 0.3) is 0 Å². The Kier molecular flexibility index (Phi) is 3.16. The van der Waals surface area contributed by atoms with E-state index >= 15 is 0 Å². The number of carbonyl (C=O) groups is 1. The minimum atomic E-state index is -0.390. The number of hydrogen-bond donors (Lipinski definition) is 0. The highest BCUT2D eigenvalue weighted by Crippen LogP contribution is 2.33. The average Bonchev–Trinajstić information content (AvgIpc) is 2.40. The molecule has 2 nitrogen and oxygen atoms in total. The molecule has 3 fully saturated rings. The van der Waals surface area contributed by atoms with Gasteiger partial charge in [-0.25, -0.2) is 4.39 Å². The molecule has 1 unspecified atom stereocenters. The minimum absolute atomic E-state index is 0.0503. The zero-order chi connectivity index (χ0) is 12.5. The molecule has 0 saturated carbocycles. The summed E-state index contributed by atoms with van der Waals surface area (Å²) in [6.45, 7) is 2.22. The van der Waals surface area contributed by atoms with Gasteiger partial charge in [-0.15, -0.1) is 0 Å². The van der Waals surface area contributed by atoms with E-state index in [-0.39, 0.29) is 11.3 Å². The fraction of sp³-hybridized carbons (Fsp3) is 0.533. The van der Waals surface area contributed by atoms with E-state index in [2.05, 4.69) is 4.90 Å². The van der Waals surface area contributed by atoms with Gasteiger partial charge in [-0.1, -0.05) is 12.1 Å². The summed E-state index contributed by atoms with van der Waals surface area (Å²) in [5.74, 6) is 0.345. The maximum Gasteiger partial charge on any atom is 0.167 e. The van der Waals surface area contributed by atoms with Crippen molar-refractivity contribution in [2.24, 2.45) is 5.92 Å². The predicted molar refractivity (Wildman–Crippen MR) is 68.0 cm³/mol. The Bertz CT molecular complexity index is 452. The predicted octanol–water partition coefficient (Wildman–Crippen LogP) is 2.88. The van der Waals surface area contributed by atoms with E-state index in [4.69, 9.17) is 0 Å². The molecule has 3 heterocycles. The highest BCUT2D eigenvalue weighted by atomic mass is 19.1. The quantitative estimate of drug-likeness (QED) is 0.765. The molecular weight excluding hydrogens is 229 g/mol. The summed E-state index contributed by atoms with van der Waals surface area (Å²) in [5.41, 5.74) is 0.250. The Hall–Kier alpha value is -1.22. The van der Waals surface area contributed by atoms with Gasteiger partial charge in [0.05, 0.1) is 5.56 Å². The third-order valence-corrected chi connectivity index (χ3v) is 4.37. The van der Waals surface area contributed by atoms with Gasteiger partial charge >= 0.3 is 0 Å². The molecule has 0 amide bonds. The van der Waals surface area contributed by atoms with Crippen molar-refractivity contribution in [2.75, 3.05) is 13.1 Å². The van der Waals surface area contributed by atoms with Crippen molar-refractivity contribution in [1.82, 2.24) is 4.90 Å². The topological polar surface area (TPSA) is 20.3 Å². The summed E-state index contributed by atoms with van der Waals surface area (Å²) in [4.78, 5) is 14.5. The van der Waals surface area contributed by atoms with E-state index in [0.29, 0.717) is 12.5 Å². The molecule has 1 aromatic rings. The van der Waals surface area contributed by atoms with E-state index < -0.39 is 5.82 Å². The van der Waals surface area contributed by atoms with Gasteiger partial charge in [0.2, 0.25) is 0 Å². The Morgan fingerprint density at radius 2 is 2.00 bits per heavy atom. The third kappa shape index (κ3) is 2.19. The number of benzene rings is 1. The molecule has 1 aromatic carbocycles. The highest BCUT2D eigenvalue weighted by molar-refractivity contribution is 5.96. The first-order valence-electron chi connectivity index (χ1n) is 6.76. The van der Waals surface area contributed by atoms with Crippen LogP contribution in [-0.2, 0) is 0 Å². The van der Waals surface area contributed by atoms with Gasteiger partial charge in [-0.3, -0.25) is 9.69 Å². The first-order valence-corrected chi connectivity index (χ1v) is 6.76. The SMILES string of the molecule is O=C(CC1CC2CCN1CC2)c1ccccc1F. The van der Waals surface area contributed by atoms with Crippen molar-refractivity contribution in [3.63, 3.8) is 0 Å². The lowest BCUT2D eigenvalue weighted by atomic mass is 9.81. The minimum Gasteiger partial charge on any atom is -0.300 e. The molecule has 0 aromatic heterocycles. The van der Waals surface area contributed by atoms with Crippen LogP contribution in [0.1, 0.15) is 36.0 Å². The van der Waals surface area contributed by atoms with Gasteiger partial charge in [-0.05, 0) is 50.4 Å². The molecule has 3 aliphatic rings. The van der Waals surface area contributed by atoms with Crippen molar-refractivity contribution in [3.8, 4) is 0 Å². The van der Waals surface area contributed by atoms with Crippen molar-refractivity contribution in [1.29, 1.82) is 0 Å². The number of carbonyl (C=O) groups excluding carboxylic acids is 1. The van der Waals surface area contributed by atoms with E-state index in [1.54, 1.807) is 18.2 Å². The second-order valence-electron chi connectivity index (χ2n) is 5.48. The molecule has 3 aliphatic heterocycles. The first-order chi connectivity index (χ1) is 8.74. The number of Topliss-reactive ketones (excluding diaryl/α,β-unsaturated/α-hetero) is 1. The van der Waals surface area contributed by atoms with Crippen LogP contribution < -0.4 is 0 Å². The number of piperidine rings is 3. The molecular formula is C15H18FNO. The summed E-state index contributed by atoms with van der Waals surface area (Å²) in [7, 11) is 0. The molecule has 1 atom stereocenters.